The Morgan fingerprint density at radius 2 is 1.72 bits per heavy atom. The molecule has 2 aromatic rings. The number of aliphatic imine (C=N–C) groups is 1. The molecule has 0 atom stereocenters. The highest BCUT2D eigenvalue weighted by atomic mass is 127. The molecule has 0 fully saturated rings. The Kier molecular flexibility index (Phi) is 8.70. The van der Waals surface area contributed by atoms with E-state index in [-0.39, 0.29) is 29.7 Å². The second-order valence-electron chi connectivity index (χ2n) is 7.08. The minimum atomic E-state index is -3.01. The Morgan fingerprint density at radius 1 is 1.07 bits per heavy atom. The number of hydrogen-bond donors (Lipinski definition) is 1. The Hall–Kier alpha value is -1.87. The SMILES string of the molecule is CN=C(NCc1ccc(CS(C)(=O)=O)cc1)N1CC=C(c2ccccc2)CC1.I. The lowest BCUT2D eigenvalue weighted by atomic mass is 10.00. The first-order valence-electron chi connectivity index (χ1n) is 9.40. The van der Waals surface area contributed by atoms with Gasteiger partial charge >= 0.3 is 0 Å². The molecule has 29 heavy (non-hydrogen) atoms. The summed E-state index contributed by atoms with van der Waals surface area (Å²) in [5.74, 6) is 0.954. The molecular formula is C22H28IN3O2S. The molecule has 3 rings (SSSR count). The zero-order chi connectivity index (χ0) is 20.0. The fourth-order valence-electron chi connectivity index (χ4n) is 3.35. The van der Waals surface area contributed by atoms with Crippen LogP contribution >= 0.6 is 24.0 Å². The molecule has 0 saturated carbocycles. The monoisotopic (exact) mass is 525 g/mol. The van der Waals surface area contributed by atoms with Gasteiger partial charge in [0.25, 0.3) is 0 Å². The first kappa shape index (κ1) is 23.4. The van der Waals surface area contributed by atoms with Crippen molar-refractivity contribution < 1.29 is 8.42 Å². The predicted octanol–water partition coefficient (Wildman–Crippen LogP) is 3.71. The molecule has 1 heterocycles. The number of sulfone groups is 1. The van der Waals surface area contributed by atoms with Crippen LogP contribution in [0.2, 0.25) is 0 Å². The van der Waals surface area contributed by atoms with Crippen molar-refractivity contribution in [3.63, 3.8) is 0 Å². The van der Waals surface area contributed by atoms with Gasteiger partial charge in [0.05, 0.1) is 5.75 Å². The predicted molar refractivity (Wildman–Crippen MR) is 131 cm³/mol. The second kappa shape index (κ2) is 10.8. The number of benzene rings is 2. The lowest BCUT2D eigenvalue weighted by Crippen LogP contribution is -2.43. The maximum absolute atomic E-state index is 11.4. The Balaban J connectivity index is 0.00000300. The highest BCUT2D eigenvalue weighted by molar-refractivity contribution is 14.0. The van der Waals surface area contributed by atoms with Crippen LogP contribution in [0.15, 0.2) is 65.7 Å². The molecule has 7 heteroatoms. The third-order valence-corrected chi connectivity index (χ3v) is 5.63. The molecule has 0 aliphatic carbocycles. The van der Waals surface area contributed by atoms with Gasteiger partial charge in [-0.1, -0.05) is 60.7 Å². The number of halogens is 1. The second-order valence-corrected chi connectivity index (χ2v) is 9.22. The number of rotatable bonds is 5. The zero-order valence-electron chi connectivity index (χ0n) is 16.8. The molecule has 1 N–H and O–H groups in total. The highest BCUT2D eigenvalue weighted by Gasteiger charge is 2.16. The van der Waals surface area contributed by atoms with E-state index in [1.807, 2.05) is 30.3 Å². The van der Waals surface area contributed by atoms with Crippen LogP contribution in [0.25, 0.3) is 5.57 Å². The molecule has 5 nitrogen and oxygen atoms in total. The van der Waals surface area contributed by atoms with Gasteiger partial charge < -0.3 is 10.2 Å². The summed E-state index contributed by atoms with van der Waals surface area (Å²) < 4.78 is 22.8. The van der Waals surface area contributed by atoms with Gasteiger partial charge in [0, 0.05) is 32.9 Å². The molecule has 0 bridgehead atoms. The molecule has 0 spiro atoms. The summed E-state index contributed by atoms with van der Waals surface area (Å²) >= 11 is 0. The summed E-state index contributed by atoms with van der Waals surface area (Å²) in [7, 11) is -1.21. The molecule has 0 radical (unpaired) electrons. The van der Waals surface area contributed by atoms with Crippen molar-refractivity contribution in [1.82, 2.24) is 10.2 Å². The standard InChI is InChI=1S/C22H27N3O2S.HI/c1-23-22(24-16-18-8-10-19(11-9-18)17-28(2,26)27)25-14-12-21(13-15-25)20-6-4-3-5-7-20;/h3-12H,13-17H2,1-2H3,(H,23,24);1H. The third kappa shape index (κ3) is 7.15. The van der Waals surface area contributed by atoms with Crippen LogP contribution in [0, 0.1) is 0 Å². The fraction of sp³-hybridized carbons (Fsp3) is 0.318. The van der Waals surface area contributed by atoms with Crippen LogP contribution in [0.3, 0.4) is 0 Å². The van der Waals surface area contributed by atoms with Crippen LogP contribution in [0.1, 0.15) is 23.1 Å². The minimum Gasteiger partial charge on any atom is -0.352 e. The van der Waals surface area contributed by atoms with Crippen LogP contribution < -0.4 is 5.32 Å². The summed E-state index contributed by atoms with van der Waals surface area (Å²) in [6.45, 7) is 2.41. The van der Waals surface area contributed by atoms with Crippen molar-refractivity contribution in [3.05, 3.63) is 77.4 Å². The largest absolute Gasteiger partial charge is 0.352 e. The normalized spacial score (nSPS) is 14.8. The lowest BCUT2D eigenvalue weighted by molar-refractivity contribution is 0.440. The lowest BCUT2D eigenvalue weighted by Gasteiger charge is -2.29. The quantitative estimate of drug-likeness (QED) is 0.368. The van der Waals surface area contributed by atoms with Gasteiger partial charge in [0.2, 0.25) is 0 Å². The van der Waals surface area contributed by atoms with Crippen LogP contribution in [-0.4, -0.2) is 45.7 Å². The minimum absolute atomic E-state index is 0. The fourth-order valence-corrected chi connectivity index (χ4v) is 4.14. The van der Waals surface area contributed by atoms with Crippen LogP contribution in [-0.2, 0) is 22.1 Å². The van der Waals surface area contributed by atoms with Crippen molar-refractivity contribution >= 4 is 45.3 Å². The maximum Gasteiger partial charge on any atom is 0.194 e. The molecule has 0 aromatic heterocycles. The topological polar surface area (TPSA) is 61.8 Å². The van der Waals surface area contributed by atoms with Crippen LogP contribution in [0.4, 0.5) is 0 Å². The van der Waals surface area contributed by atoms with Crippen molar-refractivity contribution in [2.45, 2.75) is 18.7 Å². The van der Waals surface area contributed by atoms with Crippen molar-refractivity contribution in [1.29, 1.82) is 0 Å². The Bertz CT molecular complexity index is 955. The van der Waals surface area contributed by atoms with E-state index in [4.69, 9.17) is 0 Å². The molecule has 1 aliphatic heterocycles. The summed E-state index contributed by atoms with van der Waals surface area (Å²) in [6, 6.07) is 18.2. The van der Waals surface area contributed by atoms with E-state index in [0.29, 0.717) is 6.54 Å². The molecule has 2 aromatic carbocycles. The van der Waals surface area contributed by atoms with Crippen molar-refractivity contribution in [2.24, 2.45) is 4.99 Å². The molecule has 0 unspecified atom stereocenters. The Morgan fingerprint density at radius 3 is 2.28 bits per heavy atom. The van der Waals surface area contributed by atoms with E-state index in [9.17, 15) is 8.42 Å². The van der Waals surface area contributed by atoms with E-state index in [2.05, 4.69) is 45.6 Å². The molecule has 1 aliphatic rings. The van der Waals surface area contributed by atoms with Crippen molar-refractivity contribution in [3.8, 4) is 0 Å². The molecule has 0 amide bonds. The molecule has 0 saturated heterocycles. The van der Waals surface area contributed by atoms with E-state index in [1.54, 1.807) is 7.05 Å². The van der Waals surface area contributed by atoms with E-state index < -0.39 is 9.84 Å². The molecular weight excluding hydrogens is 497 g/mol. The number of guanidine groups is 1. The highest BCUT2D eigenvalue weighted by Crippen LogP contribution is 2.22. The zero-order valence-corrected chi connectivity index (χ0v) is 20.0. The van der Waals surface area contributed by atoms with Gasteiger partial charge in [0.15, 0.2) is 15.8 Å². The number of nitrogens with one attached hydrogen (secondary N) is 1. The van der Waals surface area contributed by atoms with Gasteiger partial charge in [-0.3, -0.25) is 4.99 Å². The smallest absolute Gasteiger partial charge is 0.194 e. The number of hydrogen-bond acceptors (Lipinski definition) is 3. The summed E-state index contributed by atoms with van der Waals surface area (Å²) in [6.07, 6.45) is 4.51. The van der Waals surface area contributed by atoms with Gasteiger partial charge in [0.1, 0.15) is 0 Å². The van der Waals surface area contributed by atoms with Gasteiger partial charge in [-0.05, 0) is 28.7 Å². The van der Waals surface area contributed by atoms with Gasteiger partial charge in [-0.15, -0.1) is 24.0 Å². The maximum atomic E-state index is 11.4. The van der Waals surface area contributed by atoms with Crippen molar-refractivity contribution in [2.75, 3.05) is 26.4 Å². The first-order valence-corrected chi connectivity index (χ1v) is 11.5. The average molecular weight is 525 g/mol. The van der Waals surface area contributed by atoms with E-state index in [0.717, 1.165) is 36.6 Å². The summed E-state index contributed by atoms with van der Waals surface area (Å²) in [5, 5.41) is 3.41. The van der Waals surface area contributed by atoms with Gasteiger partial charge in [-0.25, -0.2) is 8.42 Å². The van der Waals surface area contributed by atoms with E-state index >= 15 is 0 Å². The Labute approximate surface area is 190 Å². The van der Waals surface area contributed by atoms with Gasteiger partial charge in [-0.2, -0.15) is 0 Å². The molecule has 156 valence electrons. The summed E-state index contributed by atoms with van der Waals surface area (Å²) in [5.41, 5.74) is 4.58. The third-order valence-electron chi connectivity index (χ3n) is 4.77. The van der Waals surface area contributed by atoms with E-state index in [1.165, 1.54) is 17.4 Å². The average Bonchev–Trinajstić information content (AvgIpc) is 2.70. The first-order chi connectivity index (χ1) is 13.4. The number of nitrogens with zero attached hydrogens (tertiary/aromatic N) is 2. The summed E-state index contributed by atoms with van der Waals surface area (Å²) in [4.78, 5) is 6.65. The van der Waals surface area contributed by atoms with Crippen LogP contribution in [0.5, 0.6) is 0 Å².